The normalized spacial score (nSPS) is 15.1. The van der Waals surface area contributed by atoms with Crippen molar-refractivity contribution < 1.29 is 9.53 Å². The van der Waals surface area contributed by atoms with E-state index in [0.717, 1.165) is 16.8 Å². The van der Waals surface area contributed by atoms with Crippen LogP contribution in [0.2, 0.25) is 10.0 Å². The van der Waals surface area contributed by atoms with E-state index in [-0.39, 0.29) is 5.91 Å². The van der Waals surface area contributed by atoms with Crippen molar-refractivity contribution in [3.63, 3.8) is 0 Å². The molecule has 1 saturated heterocycles. The molecule has 3 nitrogen and oxygen atoms in total. The van der Waals surface area contributed by atoms with Gasteiger partial charge in [-0.1, -0.05) is 89.6 Å². The van der Waals surface area contributed by atoms with Gasteiger partial charge in [0.05, 0.1) is 20.6 Å². The average molecular weight is 472 g/mol. The Kier molecular flexibility index (Phi) is 6.44. The van der Waals surface area contributed by atoms with Crippen molar-refractivity contribution in [2.75, 3.05) is 4.90 Å². The van der Waals surface area contributed by atoms with E-state index in [1.165, 1.54) is 11.8 Å². The number of carbonyl (C=O) groups excluding carboxylic acids is 1. The number of amides is 1. The summed E-state index contributed by atoms with van der Waals surface area (Å²) in [5.74, 6) is 0.518. The highest BCUT2D eigenvalue weighted by Crippen LogP contribution is 2.37. The lowest BCUT2D eigenvalue weighted by atomic mass is 10.1. The first-order valence-electron chi connectivity index (χ1n) is 9.02. The zero-order valence-corrected chi connectivity index (χ0v) is 18.7. The summed E-state index contributed by atoms with van der Waals surface area (Å²) in [5.41, 5.74) is 2.45. The molecule has 1 heterocycles. The minimum absolute atomic E-state index is 0.143. The van der Waals surface area contributed by atoms with Gasteiger partial charge in [-0.05, 0) is 42.0 Å². The SMILES string of the molecule is O=C1/C(=C\c2ccccc2OCc2ccc(Cl)c(Cl)c2)SC(=S)N1c1ccccc1. The molecule has 0 atom stereocenters. The maximum atomic E-state index is 13.0. The molecule has 4 rings (SSSR count). The molecule has 7 heteroatoms. The van der Waals surface area contributed by atoms with Gasteiger partial charge in [0.25, 0.3) is 5.91 Å². The molecule has 0 aromatic heterocycles. The average Bonchev–Trinajstić information content (AvgIpc) is 3.03. The minimum atomic E-state index is -0.143. The third-order valence-corrected chi connectivity index (χ3v) is 6.43. The Hall–Kier alpha value is -2.31. The number of hydrogen-bond acceptors (Lipinski definition) is 4. The molecule has 0 saturated carbocycles. The summed E-state index contributed by atoms with van der Waals surface area (Å²) in [4.78, 5) is 15.1. The van der Waals surface area contributed by atoms with E-state index in [4.69, 9.17) is 40.2 Å². The first-order chi connectivity index (χ1) is 14.5. The van der Waals surface area contributed by atoms with Gasteiger partial charge in [-0.15, -0.1) is 0 Å². The fourth-order valence-corrected chi connectivity index (χ4v) is 4.54. The molecule has 0 spiro atoms. The molecule has 3 aromatic carbocycles. The van der Waals surface area contributed by atoms with Gasteiger partial charge in [-0.25, -0.2) is 0 Å². The summed E-state index contributed by atoms with van der Waals surface area (Å²) >= 11 is 18.8. The first-order valence-corrected chi connectivity index (χ1v) is 11.0. The number of hydrogen-bond donors (Lipinski definition) is 0. The van der Waals surface area contributed by atoms with Gasteiger partial charge in [-0.2, -0.15) is 0 Å². The zero-order valence-electron chi connectivity index (χ0n) is 15.5. The highest BCUT2D eigenvalue weighted by Gasteiger charge is 2.33. The highest BCUT2D eigenvalue weighted by atomic mass is 35.5. The van der Waals surface area contributed by atoms with Crippen LogP contribution < -0.4 is 9.64 Å². The zero-order chi connectivity index (χ0) is 21.1. The number of nitrogens with zero attached hydrogens (tertiary/aromatic N) is 1. The Morgan fingerprint density at radius 1 is 0.967 bits per heavy atom. The standard InChI is InChI=1S/C23H15Cl2NO2S2/c24-18-11-10-15(12-19(18)25)14-28-20-9-5-4-6-16(20)13-21-22(27)26(23(29)30-21)17-7-2-1-3-8-17/h1-13H,14H2/b21-13+. The van der Waals surface area contributed by atoms with Crippen molar-refractivity contribution in [1.29, 1.82) is 0 Å². The van der Waals surface area contributed by atoms with Gasteiger partial charge in [0.1, 0.15) is 12.4 Å². The lowest BCUT2D eigenvalue weighted by Gasteiger charge is -2.14. The van der Waals surface area contributed by atoms with Crippen molar-refractivity contribution in [3.05, 3.63) is 98.9 Å². The lowest BCUT2D eigenvalue weighted by Crippen LogP contribution is -2.27. The summed E-state index contributed by atoms with van der Waals surface area (Å²) in [7, 11) is 0. The van der Waals surface area contributed by atoms with Gasteiger partial charge in [0.2, 0.25) is 0 Å². The van der Waals surface area contributed by atoms with Crippen LogP contribution in [-0.2, 0) is 11.4 Å². The third kappa shape index (κ3) is 4.55. The Balaban J connectivity index is 1.56. The maximum absolute atomic E-state index is 13.0. The number of ether oxygens (including phenoxy) is 1. The Bertz CT molecular complexity index is 1150. The third-order valence-electron chi connectivity index (χ3n) is 4.39. The van der Waals surface area contributed by atoms with E-state index < -0.39 is 0 Å². The largest absolute Gasteiger partial charge is 0.488 e. The minimum Gasteiger partial charge on any atom is -0.488 e. The van der Waals surface area contributed by atoms with Crippen LogP contribution in [0.3, 0.4) is 0 Å². The monoisotopic (exact) mass is 471 g/mol. The van der Waals surface area contributed by atoms with Gasteiger partial charge in [0, 0.05) is 5.56 Å². The van der Waals surface area contributed by atoms with E-state index in [0.29, 0.717) is 31.6 Å². The molecule has 1 fully saturated rings. The van der Waals surface area contributed by atoms with E-state index >= 15 is 0 Å². The summed E-state index contributed by atoms with van der Waals surface area (Å²) in [5, 5.41) is 0.983. The van der Waals surface area contributed by atoms with Crippen molar-refractivity contribution in [1.82, 2.24) is 0 Å². The van der Waals surface area contributed by atoms with E-state index in [1.807, 2.05) is 66.7 Å². The molecule has 0 unspecified atom stereocenters. The molecule has 150 valence electrons. The van der Waals surface area contributed by atoms with Crippen molar-refractivity contribution in [3.8, 4) is 5.75 Å². The predicted octanol–water partition coefficient (Wildman–Crippen LogP) is 6.98. The predicted molar refractivity (Wildman–Crippen MR) is 129 cm³/mol. The lowest BCUT2D eigenvalue weighted by molar-refractivity contribution is -0.113. The Labute approximate surface area is 194 Å². The molecule has 3 aromatic rings. The van der Waals surface area contributed by atoms with E-state index in [1.54, 1.807) is 17.0 Å². The van der Waals surface area contributed by atoms with Gasteiger partial charge < -0.3 is 4.74 Å². The molecular weight excluding hydrogens is 457 g/mol. The van der Waals surface area contributed by atoms with Crippen LogP contribution in [0.25, 0.3) is 6.08 Å². The first kappa shape index (κ1) is 20.9. The van der Waals surface area contributed by atoms with E-state index in [9.17, 15) is 4.79 Å². The number of carbonyl (C=O) groups is 1. The second-order valence-electron chi connectivity index (χ2n) is 6.43. The summed E-state index contributed by atoms with van der Waals surface area (Å²) in [6.45, 7) is 0.326. The second kappa shape index (κ2) is 9.23. The Morgan fingerprint density at radius 3 is 2.47 bits per heavy atom. The number of thioether (sulfide) groups is 1. The van der Waals surface area contributed by atoms with Crippen LogP contribution in [0, 0.1) is 0 Å². The number of halogens is 2. The molecule has 1 amide bonds. The van der Waals surface area contributed by atoms with Crippen molar-refractivity contribution in [2.45, 2.75) is 6.61 Å². The Morgan fingerprint density at radius 2 is 1.70 bits per heavy atom. The molecular formula is C23H15Cl2NO2S2. The summed E-state index contributed by atoms with van der Waals surface area (Å²) in [6.07, 6.45) is 1.81. The number of thiocarbonyl (C=S) groups is 1. The van der Waals surface area contributed by atoms with Gasteiger partial charge in [-0.3, -0.25) is 9.69 Å². The molecule has 1 aliphatic rings. The number of benzene rings is 3. The van der Waals surface area contributed by atoms with Crippen LogP contribution in [0.15, 0.2) is 77.7 Å². The number of para-hydroxylation sites is 2. The quantitative estimate of drug-likeness (QED) is 0.296. The molecule has 1 aliphatic heterocycles. The molecule has 0 radical (unpaired) electrons. The van der Waals surface area contributed by atoms with Gasteiger partial charge >= 0.3 is 0 Å². The molecule has 0 bridgehead atoms. The number of rotatable bonds is 5. The topological polar surface area (TPSA) is 29.5 Å². The van der Waals surface area contributed by atoms with Gasteiger partial charge in [0.15, 0.2) is 4.32 Å². The molecule has 0 aliphatic carbocycles. The summed E-state index contributed by atoms with van der Waals surface area (Å²) < 4.78 is 6.49. The smallest absolute Gasteiger partial charge is 0.270 e. The maximum Gasteiger partial charge on any atom is 0.270 e. The summed E-state index contributed by atoms with van der Waals surface area (Å²) in [6, 6.07) is 22.3. The second-order valence-corrected chi connectivity index (χ2v) is 8.92. The van der Waals surface area contributed by atoms with Crippen LogP contribution in [-0.4, -0.2) is 10.2 Å². The van der Waals surface area contributed by atoms with E-state index in [2.05, 4.69) is 0 Å². The molecule has 0 N–H and O–H groups in total. The van der Waals surface area contributed by atoms with Crippen molar-refractivity contribution in [2.24, 2.45) is 0 Å². The fraction of sp³-hybridized carbons (Fsp3) is 0.0435. The van der Waals surface area contributed by atoms with Crippen LogP contribution >= 0.6 is 47.2 Å². The fourth-order valence-electron chi connectivity index (χ4n) is 2.93. The number of anilines is 1. The van der Waals surface area contributed by atoms with Crippen LogP contribution in [0.5, 0.6) is 5.75 Å². The van der Waals surface area contributed by atoms with Crippen molar-refractivity contribution >= 4 is 69.2 Å². The van der Waals surface area contributed by atoms with Crippen LogP contribution in [0.1, 0.15) is 11.1 Å². The highest BCUT2D eigenvalue weighted by molar-refractivity contribution is 8.27. The van der Waals surface area contributed by atoms with Crippen LogP contribution in [0.4, 0.5) is 5.69 Å². The molecule has 30 heavy (non-hydrogen) atoms.